The molecular formula is C20H26F3N3O7S. The van der Waals surface area contributed by atoms with Gasteiger partial charge in [-0.3, -0.25) is 34.1 Å². The minimum absolute atomic E-state index is 0.0154. The van der Waals surface area contributed by atoms with Crippen molar-refractivity contribution in [1.82, 2.24) is 14.9 Å². The summed E-state index contributed by atoms with van der Waals surface area (Å²) in [5, 5.41) is 1.27. The summed E-state index contributed by atoms with van der Waals surface area (Å²) in [7, 11) is -3.86. The van der Waals surface area contributed by atoms with Crippen molar-refractivity contribution in [3.8, 4) is 0 Å². The minimum atomic E-state index is -4.76. The molecule has 0 aromatic heterocycles. The van der Waals surface area contributed by atoms with E-state index in [-0.39, 0.29) is 51.4 Å². The quantitative estimate of drug-likeness (QED) is 0.521. The van der Waals surface area contributed by atoms with Crippen molar-refractivity contribution in [2.75, 3.05) is 0 Å². The summed E-state index contributed by atoms with van der Waals surface area (Å²) in [5.41, 5.74) is 0. The molecule has 4 fully saturated rings. The highest BCUT2D eigenvalue weighted by Gasteiger charge is 2.54. The largest absolute Gasteiger partial charge is 0.522 e. The molecule has 0 bridgehead atoms. The minimum Gasteiger partial charge on any atom is -0.295 e. The lowest BCUT2D eigenvalue weighted by Gasteiger charge is -2.33. The molecule has 2 N–H and O–H groups in total. The number of nitrogens with one attached hydrogen (secondary N) is 2. The second-order valence-electron chi connectivity index (χ2n) is 9.36. The van der Waals surface area contributed by atoms with Crippen molar-refractivity contribution in [1.29, 1.82) is 0 Å². The lowest BCUT2D eigenvalue weighted by Crippen LogP contribution is -2.54. The Labute approximate surface area is 194 Å². The van der Waals surface area contributed by atoms with E-state index < -0.39 is 75.3 Å². The number of likely N-dealkylation sites (tertiary alicyclic amines) is 1. The van der Waals surface area contributed by atoms with Crippen LogP contribution in [-0.2, 0) is 33.9 Å². The van der Waals surface area contributed by atoms with Crippen LogP contribution in [-0.4, -0.2) is 66.7 Å². The van der Waals surface area contributed by atoms with Gasteiger partial charge in [0, 0.05) is 12.5 Å². The predicted octanol–water partition coefficient (Wildman–Crippen LogP) is 0.712. The maximum Gasteiger partial charge on any atom is 0.522 e. The number of alkyl halides is 3. The number of nitrogens with zero attached hydrogens (tertiary/aromatic N) is 1. The number of hydrogen-bond donors (Lipinski definition) is 2. The van der Waals surface area contributed by atoms with Crippen LogP contribution in [0.4, 0.5) is 13.2 Å². The number of imide groups is 2. The zero-order valence-electron chi connectivity index (χ0n) is 18.2. The molecule has 0 aromatic rings. The van der Waals surface area contributed by atoms with Gasteiger partial charge in [-0.25, -0.2) is 13.1 Å². The van der Waals surface area contributed by atoms with Gasteiger partial charge in [-0.2, -0.15) is 0 Å². The van der Waals surface area contributed by atoms with Crippen molar-refractivity contribution >= 4 is 33.7 Å². The second-order valence-corrected chi connectivity index (χ2v) is 11.4. The smallest absolute Gasteiger partial charge is 0.295 e. The molecule has 2 saturated heterocycles. The van der Waals surface area contributed by atoms with Gasteiger partial charge in [0.15, 0.2) is 0 Å². The van der Waals surface area contributed by atoms with Gasteiger partial charge in [0.05, 0.1) is 23.2 Å². The molecule has 2 saturated carbocycles. The standard InChI is InChI=1S/C20H26F3N3O7S/c21-20(22,23)33-11-2-4-12(5-3-11)34(31,32)25-10-1-6-13-14(9-10)19(30)26(18(13)29)15-7-8-16(27)24-17(15)28/h10-15,25H,1-9H2,(H,24,27,28). The predicted molar refractivity (Wildman–Crippen MR) is 108 cm³/mol. The molecule has 4 rings (SSSR count). The third-order valence-electron chi connectivity index (χ3n) is 7.17. The zero-order valence-corrected chi connectivity index (χ0v) is 19.0. The molecule has 0 radical (unpaired) electrons. The van der Waals surface area contributed by atoms with Crippen LogP contribution in [0.5, 0.6) is 0 Å². The normalized spacial score (nSPS) is 35.3. The number of ether oxygens (including phenoxy) is 1. The first kappa shape index (κ1) is 25.0. The van der Waals surface area contributed by atoms with Crippen LogP contribution >= 0.6 is 0 Å². The number of carbonyl (C=O) groups is 4. The van der Waals surface area contributed by atoms with E-state index in [1.54, 1.807) is 0 Å². The maximum absolute atomic E-state index is 13.0. The molecule has 4 unspecified atom stereocenters. The maximum atomic E-state index is 13.0. The van der Waals surface area contributed by atoms with Crippen LogP contribution in [0.15, 0.2) is 0 Å². The molecule has 2 heterocycles. The van der Waals surface area contributed by atoms with E-state index in [0.29, 0.717) is 6.42 Å². The number of hydrogen-bond acceptors (Lipinski definition) is 7. The monoisotopic (exact) mass is 509 g/mol. The van der Waals surface area contributed by atoms with Gasteiger partial charge in [0.2, 0.25) is 33.7 Å². The molecule has 14 heteroatoms. The Bertz CT molecular complexity index is 978. The lowest BCUT2D eigenvalue weighted by atomic mass is 9.79. The number of amides is 4. The second kappa shape index (κ2) is 9.19. The van der Waals surface area contributed by atoms with Gasteiger partial charge in [-0.05, 0) is 51.4 Å². The summed E-state index contributed by atoms with van der Waals surface area (Å²) in [4.78, 5) is 50.3. The molecule has 0 aromatic carbocycles. The Morgan fingerprint density at radius 1 is 0.912 bits per heavy atom. The average Bonchev–Trinajstić information content (AvgIpc) is 2.97. The van der Waals surface area contributed by atoms with Crippen LogP contribution in [0.25, 0.3) is 0 Å². The number of halogens is 3. The molecule has 2 aliphatic heterocycles. The Hall–Kier alpha value is -2.06. The van der Waals surface area contributed by atoms with Crippen LogP contribution < -0.4 is 10.0 Å². The fourth-order valence-corrected chi connectivity index (χ4v) is 7.29. The number of sulfonamides is 1. The van der Waals surface area contributed by atoms with Gasteiger partial charge in [-0.15, -0.1) is 13.2 Å². The van der Waals surface area contributed by atoms with E-state index in [9.17, 15) is 40.8 Å². The van der Waals surface area contributed by atoms with Gasteiger partial charge < -0.3 is 0 Å². The fraction of sp³-hybridized carbons (Fsp3) is 0.800. The van der Waals surface area contributed by atoms with E-state index in [0.717, 1.165) is 4.90 Å². The van der Waals surface area contributed by atoms with Gasteiger partial charge in [0.1, 0.15) is 6.04 Å². The number of rotatable bonds is 5. The van der Waals surface area contributed by atoms with E-state index in [1.165, 1.54) is 0 Å². The highest BCUT2D eigenvalue weighted by Crippen LogP contribution is 2.40. The first-order chi connectivity index (χ1) is 15.9. The van der Waals surface area contributed by atoms with Crippen molar-refractivity contribution in [2.24, 2.45) is 11.8 Å². The van der Waals surface area contributed by atoms with Crippen molar-refractivity contribution in [3.63, 3.8) is 0 Å². The number of piperidine rings is 1. The van der Waals surface area contributed by atoms with Crippen LogP contribution in [0.3, 0.4) is 0 Å². The Morgan fingerprint density at radius 3 is 2.18 bits per heavy atom. The Balaban J connectivity index is 1.36. The number of carbonyl (C=O) groups excluding carboxylic acids is 4. The van der Waals surface area contributed by atoms with Crippen LogP contribution in [0, 0.1) is 11.8 Å². The average molecular weight is 510 g/mol. The molecule has 190 valence electrons. The van der Waals surface area contributed by atoms with Crippen LogP contribution in [0.2, 0.25) is 0 Å². The molecular weight excluding hydrogens is 483 g/mol. The van der Waals surface area contributed by atoms with Gasteiger partial charge in [-0.1, -0.05) is 0 Å². The summed E-state index contributed by atoms with van der Waals surface area (Å²) >= 11 is 0. The molecule has 34 heavy (non-hydrogen) atoms. The van der Waals surface area contributed by atoms with Gasteiger partial charge >= 0.3 is 6.36 Å². The first-order valence-electron chi connectivity index (χ1n) is 11.3. The Morgan fingerprint density at radius 2 is 1.56 bits per heavy atom. The highest BCUT2D eigenvalue weighted by molar-refractivity contribution is 7.90. The van der Waals surface area contributed by atoms with E-state index >= 15 is 0 Å². The molecule has 10 nitrogen and oxygen atoms in total. The zero-order chi connectivity index (χ0) is 24.8. The summed E-state index contributed by atoms with van der Waals surface area (Å²) in [6.45, 7) is 0. The highest BCUT2D eigenvalue weighted by atomic mass is 32.2. The Kier molecular flexibility index (Phi) is 6.77. The van der Waals surface area contributed by atoms with E-state index in [4.69, 9.17) is 0 Å². The lowest BCUT2D eigenvalue weighted by molar-refractivity contribution is -0.345. The molecule has 2 aliphatic carbocycles. The van der Waals surface area contributed by atoms with Crippen molar-refractivity contribution in [2.45, 2.75) is 87.6 Å². The fourth-order valence-electron chi connectivity index (χ4n) is 5.53. The van der Waals surface area contributed by atoms with Crippen LogP contribution in [0.1, 0.15) is 57.8 Å². The summed E-state index contributed by atoms with van der Waals surface area (Å²) in [5.74, 6) is -3.60. The number of fused-ring (bicyclic) bond motifs is 1. The molecule has 4 amide bonds. The van der Waals surface area contributed by atoms with Crippen molar-refractivity contribution in [3.05, 3.63) is 0 Å². The third kappa shape index (κ3) is 5.13. The molecule has 4 aliphatic rings. The molecule has 0 spiro atoms. The third-order valence-corrected chi connectivity index (χ3v) is 9.18. The van der Waals surface area contributed by atoms with Gasteiger partial charge in [0.25, 0.3) is 0 Å². The summed E-state index contributed by atoms with van der Waals surface area (Å²) in [6.07, 6.45) is -5.12. The topological polar surface area (TPSA) is 139 Å². The summed E-state index contributed by atoms with van der Waals surface area (Å²) in [6, 6.07) is -1.65. The SMILES string of the molecule is O=C1CCC(N2C(=O)C3CCC(NS(=O)(=O)C4CCC(OC(F)(F)F)CC4)CC3C2=O)C(=O)N1. The van der Waals surface area contributed by atoms with Crippen molar-refractivity contribution < 1.29 is 45.5 Å². The molecule has 4 atom stereocenters. The van der Waals surface area contributed by atoms with E-state index in [1.807, 2.05) is 0 Å². The first-order valence-corrected chi connectivity index (χ1v) is 12.9. The summed E-state index contributed by atoms with van der Waals surface area (Å²) < 4.78 is 69.4. The van der Waals surface area contributed by atoms with E-state index in [2.05, 4.69) is 14.8 Å².